The van der Waals surface area contributed by atoms with Crippen LogP contribution in [0, 0.1) is 6.92 Å². The molecule has 0 aliphatic carbocycles. The van der Waals surface area contributed by atoms with Crippen molar-refractivity contribution in [2.75, 3.05) is 11.9 Å². The molecule has 2 aromatic carbocycles. The number of carbonyl (C=O) groups excluding carboxylic acids is 1. The van der Waals surface area contributed by atoms with E-state index in [-0.39, 0.29) is 12.5 Å². The van der Waals surface area contributed by atoms with Crippen molar-refractivity contribution in [1.29, 1.82) is 0 Å². The van der Waals surface area contributed by atoms with Gasteiger partial charge in [-0.2, -0.15) is 5.10 Å². The Bertz CT molecular complexity index is 638. The average molecular weight is 346 g/mol. The smallest absolute Gasteiger partial charge is 0.259 e. The minimum absolute atomic E-state index is 0.179. The maximum atomic E-state index is 11.6. The van der Waals surface area contributed by atoms with Crippen molar-refractivity contribution in [2.24, 2.45) is 5.10 Å². The molecule has 4 nitrogen and oxygen atoms in total. The van der Waals surface area contributed by atoms with E-state index in [9.17, 15) is 4.79 Å². The summed E-state index contributed by atoms with van der Waals surface area (Å²) in [6.45, 7) is 2.20. The van der Waals surface area contributed by atoms with Crippen molar-refractivity contribution in [3.05, 3.63) is 64.1 Å². The van der Waals surface area contributed by atoms with Crippen molar-refractivity contribution in [1.82, 2.24) is 5.43 Å². The lowest BCUT2D eigenvalue weighted by Crippen LogP contribution is -2.25. The van der Waals surface area contributed by atoms with Gasteiger partial charge in [0.15, 0.2) is 0 Å². The second-order valence-corrected chi connectivity index (χ2v) is 5.48. The Kier molecular flexibility index (Phi) is 5.51. The number of nitrogens with zero attached hydrogens (tertiary/aromatic N) is 1. The number of hydrogen-bond donors (Lipinski definition) is 2. The first-order valence-corrected chi connectivity index (χ1v) is 7.31. The number of hydrogen-bond acceptors (Lipinski definition) is 3. The first-order chi connectivity index (χ1) is 10.1. The van der Waals surface area contributed by atoms with Crippen LogP contribution in [0.2, 0.25) is 0 Å². The van der Waals surface area contributed by atoms with Crippen molar-refractivity contribution in [3.63, 3.8) is 0 Å². The molecule has 0 aliphatic heterocycles. The fourth-order valence-corrected chi connectivity index (χ4v) is 2.08. The summed E-state index contributed by atoms with van der Waals surface area (Å²) in [7, 11) is 0. The van der Waals surface area contributed by atoms with Crippen molar-refractivity contribution < 1.29 is 4.79 Å². The van der Waals surface area contributed by atoms with Crippen LogP contribution < -0.4 is 10.7 Å². The van der Waals surface area contributed by atoms with Gasteiger partial charge >= 0.3 is 0 Å². The maximum absolute atomic E-state index is 11.6. The molecule has 2 rings (SSSR count). The van der Waals surface area contributed by atoms with Gasteiger partial charge in [0.2, 0.25) is 0 Å². The highest BCUT2D eigenvalue weighted by Crippen LogP contribution is 2.10. The summed E-state index contributed by atoms with van der Waals surface area (Å²) in [5.41, 5.74) is 5.49. The third-order valence-electron chi connectivity index (χ3n) is 2.76. The lowest BCUT2D eigenvalue weighted by molar-refractivity contribution is -0.119. The van der Waals surface area contributed by atoms with E-state index in [2.05, 4.69) is 31.8 Å². The number of halogens is 1. The predicted molar refractivity (Wildman–Crippen MR) is 89.5 cm³/mol. The number of aryl methyl sites for hydroxylation is 1. The van der Waals surface area contributed by atoms with E-state index in [1.807, 2.05) is 55.5 Å². The molecule has 0 spiro atoms. The van der Waals surface area contributed by atoms with Gasteiger partial charge in [-0.1, -0.05) is 45.8 Å². The molecule has 2 aromatic rings. The molecule has 108 valence electrons. The molecule has 0 bridgehead atoms. The normalized spacial score (nSPS) is 10.6. The second kappa shape index (κ2) is 7.59. The molecule has 0 heterocycles. The first kappa shape index (κ1) is 15.3. The van der Waals surface area contributed by atoms with Gasteiger partial charge in [-0.3, -0.25) is 4.79 Å². The van der Waals surface area contributed by atoms with Crippen LogP contribution in [0.3, 0.4) is 0 Å². The Morgan fingerprint density at radius 3 is 2.71 bits per heavy atom. The van der Waals surface area contributed by atoms with E-state index < -0.39 is 0 Å². The quantitative estimate of drug-likeness (QED) is 0.645. The molecular weight excluding hydrogens is 330 g/mol. The van der Waals surface area contributed by atoms with Gasteiger partial charge in [-0.15, -0.1) is 0 Å². The van der Waals surface area contributed by atoms with E-state index in [0.717, 1.165) is 15.7 Å². The van der Waals surface area contributed by atoms with Gasteiger partial charge in [0.1, 0.15) is 0 Å². The Hall–Kier alpha value is -2.14. The molecule has 0 saturated carbocycles. The van der Waals surface area contributed by atoms with Gasteiger partial charge in [0.25, 0.3) is 5.91 Å². The highest BCUT2D eigenvalue weighted by atomic mass is 79.9. The highest BCUT2D eigenvalue weighted by molar-refractivity contribution is 9.10. The molecule has 1 amide bonds. The fraction of sp³-hybridized carbons (Fsp3) is 0.125. The van der Waals surface area contributed by atoms with E-state index in [0.29, 0.717) is 0 Å². The van der Waals surface area contributed by atoms with Crippen LogP contribution in [-0.2, 0) is 4.79 Å². The lowest BCUT2D eigenvalue weighted by atomic mass is 10.2. The van der Waals surface area contributed by atoms with Crippen LogP contribution in [0.4, 0.5) is 5.69 Å². The van der Waals surface area contributed by atoms with Crippen LogP contribution >= 0.6 is 15.9 Å². The molecule has 0 aromatic heterocycles. The molecule has 2 N–H and O–H groups in total. The number of hydrazone groups is 1. The van der Waals surface area contributed by atoms with Gasteiger partial charge in [-0.05, 0) is 36.8 Å². The fourth-order valence-electron chi connectivity index (χ4n) is 1.66. The molecule has 0 atom stereocenters. The van der Waals surface area contributed by atoms with E-state index in [1.165, 1.54) is 5.56 Å². The maximum Gasteiger partial charge on any atom is 0.259 e. The van der Waals surface area contributed by atoms with Crippen molar-refractivity contribution in [2.45, 2.75) is 6.92 Å². The Morgan fingerprint density at radius 1 is 1.24 bits per heavy atom. The number of benzene rings is 2. The third-order valence-corrected chi connectivity index (χ3v) is 3.25. The number of carbonyl (C=O) groups is 1. The zero-order valence-corrected chi connectivity index (χ0v) is 13.2. The predicted octanol–water partition coefficient (Wildman–Crippen LogP) is 3.32. The largest absolute Gasteiger partial charge is 0.376 e. The van der Waals surface area contributed by atoms with Gasteiger partial charge in [0, 0.05) is 10.2 Å². The Labute approximate surface area is 132 Å². The lowest BCUT2D eigenvalue weighted by Gasteiger charge is -2.05. The highest BCUT2D eigenvalue weighted by Gasteiger charge is 1.99. The number of nitrogens with one attached hydrogen (secondary N) is 2. The number of rotatable bonds is 5. The molecule has 0 aliphatic rings. The topological polar surface area (TPSA) is 53.5 Å². The Morgan fingerprint density at radius 2 is 2.00 bits per heavy atom. The average Bonchev–Trinajstić information content (AvgIpc) is 2.47. The van der Waals surface area contributed by atoms with Gasteiger partial charge in [0.05, 0.1) is 12.8 Å². The molecular formula is C16H16BrN3O. The summed E-state index contributed by atoms with van der Waals surface area (Å²) in [6.07, 6.45) is 1.61. The van der Waals surface area contributed by atoms with Crippen LogP contribution in [0.25, 0.3) is 0 Å². The Balaban J connectivity index is 1.78. The van der Waals surface area contributed by atoms with Gasteiger partial charge < -0.3 is 5.32 Å². The summed E-state index contributed by atoms with van der Waals surface area (Å²) in [6, 6.07) is 15.5. The molecule has 21 heavy (non-hydrogen) atoms. The molecule has 0 fully saturated rings. The van der Waals surface area contributed by atoms with E-state index in [4.69, 9.17) is 0 Å². The first-order valence-electron chi connectivity index (χ1n) is 6.51. The molecule has 0 radical (unpaired) electrons. The zero-order chi connectivity index (χ0) is 15.1. The summed E-state index contributed by atoms with van der Waals surface area (Å²) in [5, 5.41) is 6.96. The van der Waals surface area contributed by atoms with Crippen molar-refractivity contribution >= 4 is 33.7 Å². The van der Waals surface area contributed by atoms with E-state index in [1.54, 1.807) is 6.21 Å². The minimum Gasteiger partial charge on any atom is -0.376 e. The van der Waals surface area contributed by atoms with E-state index >= 15 is 0 Å². The van der Waals surface area contributed by atoms with Crippen molar-refractivity contribution in [3.8, 4) is 0 Å². The summed E-state index contributed by atoms with van der Waals surface area (Å²) >= 11 is 3.38. The molecule has 0 saturated heterocycles. The van der Waals surface area contributed by atoms with Crippen LogP contribution in [-0.4, -0.2) is 18.7 Å². The minimum atomic E-state index is -0.193. The van der Waals surface area contributed by atoms with Gasteiger partial charge in [-0.25, -0.2) is 5.43 Å². The number of anilines is 1. The third kappa shape index (κ3) is 5.39. The molecule has 0 unspecified atom stereocenters. The standard InChI is InChI=1S/C16H16BrN3O/c1-12-5-7-15(8-6-12)18-11-16(21)20-19-10-13-3-2-4-14(17)9-13/h2-10,18H,11H2,1H3,(H,20,21). The SMILES string of the molecule is Cc1ccc(NCC(=O)NN=Cc2cccc(Br)c2)cc1. The summed E-state index contributed by atoms with van der Waals surface area (Å²) < 4.78 is 0.971. The van der Waals surface area contributed by atoms with Crippen LogP contribution in [0.5, 0.6) is 0 Å². The van der Waals surface area contributed by atoms with Crippen LogP contribution in [0.15, 0.2) is 58.1 Å². The summed E-state index contributed by atoms with van der Waals surface area (Å²) in [4.78, 5) is 11.6. The number of amides is 1. The second-order valence-electron chi connectivity index (χ2n) is 4.57. The summed E-state index contributed by atoms with van der Waals surface area (Å²) in [5.74, 6) is -0.193. The monoisotopic (exact) mass is 345 g/mol. The molecule has 5 heteroatoms. The zero-order valence-electron chi connectivity index (χ0n) is 11.6. The van der Waals surface area contributed by atoms with Crippen LogP contribution in [0.1, 0.15) is 11.1 Å².